The number of halogens is 3. The van der Waals surface area contributed by atoms with Crippen LogP contribution in [0.3, 0.4) is 0 Å². The van der Waals surface area contributed by atoms with E-state index in [4.69, 9.17) is 5.10 Å². The number of hydrogen-bond donors (Lipinski definition) is 3. The molecule has 10 rings (SSSR count). The van der Waals surface area contributed by atoms with E-state index in [0.717, 1.165) is 65.4 Å². The lowest BCUT2D eigenvalue weighted by Gasteiger charge is -2.32. The van der Waals surface area contributed by atoms with Crippen molar-refractivity contribution in [3.8, 4) is 5.69 Å². The van der Waals surface area contributed by atoms with Gasteiger partial charge in [-0.3, -0.25) is 43.5 Å². The van der Waals surface area contributed by atoms with Gasteiger partial charge < -0.3 is 20.1 Å². The predicted molar refractivity (Wildman–Crippen MR) is 250 cm³/mol. The van der Waals surface area contributed by atoms with Crippen LogP contribution in [0.1, 0.15) is 88.9 Å². The number of benzene rings is 2. The summed E-state index contributed by atoms with van der Waals surface area (Å²) in [6.07, 6.45) is 6.69. The molecule has 8 heterocycles. The first-order valence-electron chi connectivity index (χ1n) is 23.4. The van der Waals surface area contributed by atoms with Crippen LogP contribution in [-0.2, 0) is 42.8 Å². The molecule has 18 heteroatoms. The van der Waals surface area contributed by atoms with Crippen molar-refractivity contribution in [2.45, 2.75) is 82.6 Å². The van der Waals surface area contributed by atoms with Crippen LogP contribution < -0.4 is 21.5 Å². The number of hydrogen-bond acceptors (Lipinski definition) is 10. The maximum absolute atomic E-state index is 15.9. The molecular weight excluding hydrogens is 876 g/mol. The van der Waals surface area contributed by atoms with Crippen molar-refractivity contribution in [3.63, 3.8) is 0 Å². The molecule has 6 aromatic rings. The zero-order valence-electron chi connectivity index (χ0n) is 38.1. The first-order chi connectivity index (χ1) is 32.9. The lowest BCUT2D eigenvalue weighted by atomic mass is 9.88. The summed E-state index contributed by atoms with van der Waals surface area (Å²) in [5.74, 6) is -3.15. The summed E-state index contributed by atoms with van der Waals surface area (Å²) >= 11 is 0. The fourth-order valence-electron chi connectivity index (χ4n) is 10.5. The Morgan fingerprint density at radius 3 is 2.24 bits per heavy atom. The largest absolute Gasteiger partial charge is 0.388 e. The molecule has 0 radical (unpaired) electrons. The first kappa shape index (κ1) is 45.0. The van der Waals surface area contributed by atoms with Gasteiger partial charge in [-0.15, -0.1) is 0 Å². The van der Waals surface area contributed by atoms with Crippen LogP contribution in [0.4, 0.5) is 24.5 Å². The Balaban J connectivity index is 0.718. The minimum atomic E-state index is -0.702. The van der Waals surface area contributed by atoms with Gasteiger partial charge in [0.05, 0.1) is 30.2 Å². The van der Waals surface area contributed by atoms with E-state index in [1.165, 1.54) is 18.2 Å². The van der Waals surface area contributed by atoms with Gasteiger partial charge in [-0.2, -0.15) is 5.10 Å². The average molecular weight is 930 g/mol. The van der Waals surface area contributed by atoms with Gasteiger partial charge in [0.1, 0.15) is 29.1 Å². The second-order valence-corrected chi connectivity index (χ2v) is 18.6. The number of likely N-dealkylation sites (tertiary alicyclic amines) is 2. The Labute approximate surface area is 390 Å². The van der Waals surface area contributed by atoms with E-state index in [1.54, 1.807) is 47.1 Å². The summed E-state index contributed by atoms with van der Waals surface area (Å²) < 4.78 is 52.6. The van der Waals surface area contributed by atoms with E-state index in [9.17, 15) is 19.2 Å². The smallest absolute Gasteiger partial charge is 0.257 e. The zero-order valence-corrected chi connectivity index (χ0v) is 38.1. The molecule has 1 unspecified atom stereocenters. The standard InChI is InChI=1S/C50H54F3N11O4/c1-54-33-12-18-63(46(66)25-33)44-7-13-55-48-39(44)26-36(59(48)2)28-61-16-10-31(11-17-61)47-41(52)21-32(22-42(47)53)50(68)62-19-20-64-37(29-62)23-35(58-64)27-60-14-8-30(9-15-60)38-4-3-34(24-40(38)51)56-43-5-6-45(65)57-49(43)67/h3-4,7,12-13,18,21-26,30-31,43,54,56H,5-6,8-11,14-17,19-20,27-29H2,1-2H3,(H,57,65,67). The molecule has 3 fully saturated rings. The van der Waals surface area contributed by atoms with Crippen molar-refractivity contribution >= 4 is 40.1 Å². The van der Waals surface area contributed by atoms with E-state index in [2.05, 4.69) is 36.8 Å². The molecule has 3 saturated heterocycles. The molecule has 0 saturated carbocycles. The number of aromatic nitrogens is 5. The number of aryl methyl sites for hydroxylation is 1. The number of nitrogens with zero attached hydrogens (tertiary/aromatic N) is 8. The highest BCUT2D eigenvalue weighted by molar-refractivity contribution is 6.01. The van der Waals surface area contributed by atoms with Crippen molar-refractivity contribution in [2.24, 2.45) is 7.05 Å². The number of amides is 3. The minimum absolute atomic E-state index is 0.0158. The number of carbonyl (C=O) groups excluding carboxylic acids is 3. The third-order valence-corrected chi connectivity index (χ3v) is 14.3. The highest BCUT2D eigenvalue weighted by Gasteiger charge is 2.31. The number of rotatable bonds is 11. The summed E-state index contributed by atoms with van der Waals surface area (Å²) in [7, 11) is 3.72. The highest BCUT2D eigenvalue weighted by atomic mass is 19.1. The topological polar surface area (TPSA) is 155 Å². The van der Waals surface area contributed by atoms with Crippen LogP contribution in [0, 0.1) is 17.5 Å². The van der Waals surface area contributed by atoms with Gasteiger partial charge in [0, 0.05) is 92.2 Å². The molecular formula is C50H54F3N11O4. The monoisotopic (exact) mass is 929 g/mol. The van der Waals surface area contributed by atoms with Crippen LogP contribution in [0.25, 0.3) is 16.7 Å². The second-order valence-electron chi connectivity index (χ2n) is 18.6. The van der Waals surface area contributed by atoms with Crippen LogP contribution in [0.5, 0.6) is 0 Å². The molecule has 1 atom stereocenters. The molecule has 4 aliphatic heterocycles. The Hall–Kier alpha value is -6.79. The summed E-state index contributed by atoms with van der Waals surface area (Å²) in [4.78, 5) is 61.1. The van der Waals surface area contributed by atoms with Gasteiger partial charge in [-0.1, -0.05) is 6.07 Å². The molecule has 4 aromatic heterocycles. The third-order valence-electron chi connectivity index (χ3n) is 14.3. The molecule has 3 N–H and O–H groups in total. The number of anilines is 2. The molecule has 15 nitrogen and oxygen atoms in total. The minimum Gasteiger partial charge on any atom is -0.388 e. The third kappa shape index (κ3) is 9.01. The van der Waals surface area contributed by atoms with Gasteiger partial charge >= 0.3 is 0 Å². The number of nitrogens with one attached hydrogen (secondary N) is 3. The Morgan fingerprint density at radius 2 is 1.53 bits per heavy atom. The summed E-state index contributed by atoms with van der Waals surface area (Å²) in [5, 5.41) is 14.0. The van der Waals surface area contributed by atoms with Crippen molar-refractivity contribution in [2.75, 3.05) is 50.4 Å². The van der Waals surface area contributed by atoms with E-state index in [1.807, 2.05) is 34.5 Å². The van der Waals surface area contributed by atoms with Gasteiger partial charge in [0.25, 0.3) is 11.5 Å². The summed E-state index contributed by atoms with van der Waals surface area (Å²) in [6.45, 7) is 5.05. The van der Waals surface area contributed by atoms with Crippen molar-refractivity contribution < 1.29 is 27.6 Å². The molecule has 2 aromatic carbocycles. The van der Waals surface area contributed by atoms with Crippen LogP contribution in [-0.4, -0.2) is 102 Å². The van der Waals surface area contributed by atoms with Gasteiger partial charge in [-0.25, -0.2) is 18.2 Å². The van der Waals surface area contributed by atoms with E-state index >= 15 is 13.2 Å². The molecule has 0 bridgehead atoms. The fraction of sp³-hybridized carbons (Fsp3) is 0.400. The average Bonchev–Trinajstić information content (AvgIpc) is 3.89. The van der Waals surface area contributed by atoms with Crippen molar-refractivity contribution in [3.05, 3.63) is 135 Å². The summed E-state index contributed by atoms with van der Waals surface area (Å²) in [5.41, 5.74) is 5.95. The second kappa shape index (κ2) is 18.7. The van der Waals surface area contributed by atoms with E-state index in [-0.39, 0.29) is 53.2 Å². The van der Waals surface area contributed by atoms with Crippen molar-refractivity contribution in [1.82, 2.24) is 43.9 Å². The molecule has 3 amide bonds. The van der Waals surface area contributed by atoms with Crippen LogP contribution in [0.15, 0.2) is 77.9 Å². The molecule has 354 valence electrons. The molecule has 68 heavy (non-hydrogen) atoms. The molecule has 0 aliphatic carbocycles. The number of carbonyl (C=O) groups is 3. The normalized spacial score (nSPS) is 18.8. The lowest BCUT2D eigenvalue weighted by Crippen LogP contribution is -2.47. The SMILES string of the molecule is CNc1ccn(-c2ccnc3c2cc(CN2CCC(c4c(F)cc(C(=O)N5CCn6nc(CN7CCC(c8ccc(NC9CCC(=O)NC9=O)cc8F)CC7)cc6C5)cc4F)CC2)n3C)c(=O)c1. The Kier molecular flexibility index (Phi) is 12.4. The Bertz CT molecular complexity index is 2960. The van der Waals surface area contributed by atoms with E-state index in [0.29, 0.717) is 69.8 Å². The van der Waals surface area contributed by atoms with Gasteiger partial charge in [-0.05, 0) is 124 Å². The van der Waals surface area contributed by atoms with E-state index < -0.39 is 29.5 Å². The number of piperidine rings is 3. The fourth-order valence-corrected chi connectivity index (χ4v) is 10.5. The molecule has 4 aliphatic rings. The first-order valence-corrected chi connectivity index (χ1v) is 23.4. The predicted octanol–water partition coefficient (Wildman–Crippen LogP) is 6.01. The van der Waals surface area contributed by atoms with Crippen LogP contribution in [0.2, 0.25) is 0 Å². The number of fused-ring (bicyclic) bond motifs is 2. The van der Waals surface area contributed by atoms with Gasteiger partial charge in [0.2, 0.25) is 11.8 Å². The quantitative estimate of drug-likeness (QED) is 0.132. The Morgan fingerprint density at radius 1 is 0.794 bits per heavy atom. The zero-order chi connectivity index (χ0) is 47.2. The number of imide groups is 1. The summed E-state index contributed by atoms with van der Waals surface area (Å²) in [6, 6.07) is 16.0. The molecule has 0 spiro atoms. The maximum Gasteiger partial charge on any atom is 0.257 e. The highest BCUT2D eigenvalue weighted by Crippen LogP contribution is 2.35. The van der Waals surface area contributed by atoms with Gasteiger partial charge in [0.15, 0.2) is 0 Å². The maximum atomic E-state index is 15.9. The number of pyridine rings is 2. The lowest BCUT2D eigenvalue weighted by molar-refractivity contribution is -0.133. The van der Waals surface area contributed by atoms with Crippen molar-refractivity contribution in [1.29, 1.82) is 0 Å². The van der Waals surface area contributed by atoms with Crippen LogP contribution >= 0.6 is 0 Å².